The summed E-state index contributed by atoms with van der Waals surface area (Å²) in [5, 5.41) is 2.57. The Labute approximate surface area is 163 Å². The summed E-state index contributed by atoms with van der Waals surface area (Å²) in [7, 11) is 2.92. The molecule has 0 atom stereocenters. The molecule has 1 nitrogen and oxygen atoms in total. The van der Waals surface area contributed by atoms with Gasteiger partial charge in [0.05, 0.1) is 7.11 Å². The van der Waals surface area contributed by atoms with E-state index in [1.54, 1.807) is 7.11 Å². The van der Waals surface area contributed by atoms with Gasteiger partial charge >= 0.3 is 41.9 Å². The predicted octanol–water partition coefficient (Wildman–Crippen LogP) is -6.47. The maximum absolute atomic E-state index is 5.21. The van der Waals surface area contributed by atoms with Crippen LogP contribution in [0.3, 0.4) is 0 Å². The second kappa shape index (κ2) is 13.3. The molecular weight excluding hydrogens is 317 g/mol. The summed E-state index contributed by atoms with van der Waals surface area (Å²) in [4.78, 5) is 0. The van der Waals surface area contributed by atoms with Crippen LogP contribution in [-0.2, 0) is 0 Å². The Morgan fingerprint density at radius 2 is 1.45 bits per heavy atom. The summed E-state index contributed by atoms with van der Waals surface area (Å²) < 4.78 is 5.21. The van der Waals surface area contributed by atoms with Gasteiger partial charge in [0.2, 0.25) is 0 Å². The zero-order valence-corrected chi connectivity index (χ0v) is 15.8. The van der Waals surface area contributed by atoms with Crippen molar-refractivity contribution in [1.29, 1.82) is 0 Å². The van der Waals surface area contributed by atoms with Crippen LogP contribution in [0.4, 0.5) is 0 Å². The van der Waals surface area contributed by atoms with Gasteiger partial charge in [-0.05, 0) is 19.1 Å². The fraction of sp³-hybridized carbons (Fsp3) is 0.143. The third-order valence-corrected chi connectivity index (χ3v) is 3.39. The molecule has 2 aromatic rings. The molecule has 6 heteroatoms. The number of methoxy groups -OCH3 is 1. The van der Waals surface area contributed by atoms with E-state index in [1.807, 2.05) is 12.1 Å². The van der Waals surface area contributed by atoms with Gasteiger partial charge < -0.3 is 38.1 Å². The number of rotatable bonds is 3. The van der Waals surface area contributed by atoms with Gasteiger partial charge in [-0.25, -0.2) is 0 Å². The molecule has 0 amide bonds. The minimum atomic E-state index is 0. The minimum absolute atomic E-state index is 0. The summed E-state index contributed by atoms with van der Waals surface area (Å²) in [6.45, 7) is 2.12. The molecule has 20 heavy (non-hydrogen) atoms. The molecule has 0 fully saturated rings. The molecule has 0 bridgehead atoms. The maximum Gasteiger partial charge on any atom is 2.00 e. The third-order valence-electron chi connectivity index (χ3n) is 2.31. The first-order valence-electron chi connectivity index (χ1n) is 5.20. The van der Waals surface area contributed by atoms with Crippen LogP contribution in [0.15, 0.2) is 48.5 Å². The van der Waals surface area contributed by atoms with Crippen LogP contribution in [0.1, 0.15) is 5.56 Å². The van der Waals surface area contributed by atoms with Crippen molar-refractivity contribution in [3.05, 3.63) is 54.1 Å². The van der Waals surface area contributed by atoms with Crippen molar-refractivity contribution in [3.63, 3.8) is 0 Å². The first-order valence-corrected chi connectivity index (χ1v) is 6.10. The molecule has 0 radical (unpaired) electrons. The summed E-state index contributed by atoms with van der Waals surface area (Å²) in [6, 6.07) is 16.8. The second-order valence-electron chi connectivity index (χ2n) is 3.65. The van der Waals surface area contributed by atoms with Crippen molar-refractivity contribution in [2.75, 3.05) is 7.11 Å². The van der Waals surface area contributed by atoms with Crippen LogP contribution in [0.2, 0.25) is 0 Å². The van der Waals surface area contributed by atoms with E-state index in [0.29, 0.717) is 0 Å². The van der Waals surface area contributed by atoms with Crippen LogP contribution in [0.25, 0.3) is 0 Å². The smallest absolute Gasteiger partial charge is 1.00 e. The Hall–Kier alpha value is 0.614. The van der Waals surface area contributed by atoms with Gasteiger partial charge in [0.1, 0.15) is 5.75 Å². The number of hydrogen-bond donors (Lipinski definition) is 0. The van der Waals surface area contributed by atoms with Crippen LogP contribution in [0, 0.1) is 6.92 Å². The van der Waals surface area contributed by atoms with Gasteiger partial charge in [0.15, 0.2) is 0 Å². The molecule has 0 spiro atoms. The van der Waals surface area contributed by atoms with E-state index < -0.39 is 0 Å². The van der Waals surface area contributed by atoms with E-state index >= 15 is 0 Å². The molecule has 0 saturated carbocycles. The zero-order valence-electron chi connectivity index (χ0n) is 11.9. The average molecular weight is 331 g/mol. The number of halogens is 2. The van der Waals surface area contributed by atoms with Gasteiger partial charge in [-0.15, -0.1) is 0 Å². The van der Waals surface area contributed by atoms with Crippen molar-refractivity contribution in [2.45, 2.75) is 6.92 Å². The molecule has 0 aliphatic heterocycles. The third kappa shape index (κ3) is 8.15. The molecule has 0 aromatic heterocycles. The van der Waals surface area contributed by atoms with Gasteiger partial charge in [-0.2, -0.15) is 10.6 Å². The van der Waals surface area contributed by atoms with Gasteiger partial charge in [-0.1, -0.05) is 42.0 Å². The summed E-state index contributed by atoms with van der Waals surface area (Å²) >= 11 is 0. The molecule has 0 aliphatic rings. The second-order valence-corrected chi connectivity index (χ2v) is 4.91. The van der Waals surface area contributed by atoms with E-state index in [4.69, 9.17) is 4.74 Å². The van der Waals surface area contributed by atoms with Gasteiger partial charge in [0.25, 0.3) is 0 Å². The molecule has 0 heterocycles. The molecule has 2 aromatic carbocycles. The fourth-order valence-electron chi connectivity index (χ4n) is 1.53. The molecule has 0 unspecified atom stereocenters. The fourth-order valence-corrected chi connectivity index (χ4v) is 2.61. The van der Waals surface area contributed by atoms with Crippen LogP contribution in [-0.4, -0.2) is 30.2 Å². The first kappa shape index (κ1) is 25.6. The number of aryl methyl sites for hydroxylation is 1. The molecular formula is C14H14Cl2LiMgOP. The standard InChI is InChI=1S/C14H14OP.2ClH.Li.Mg/c1-11-5-3-7-13(9-11)16-14-8-4-6-12(10-14)15-2;;;;/h3-10H,1-2H3;2*1H;;/q-1;;;+1;+2/p-2. The van der Waals surface area contributed by atoms with E-state index in [1.165, 1.54) is 24.8 Å². The summed E-state index contributed by atoms with van der Waals surface area (Å²) in [5.74, 6) is 0.914. The van der Waals surface area contributed by atoms with Crippen molar-refractivity contribution < 1.29 is 48.4 Å². The Balaban J connectivity index is -0.000000722. The Kier molecular flexibility index (Phi) is 17.0. The Morgan fingerprint density at radius 3 is 2.00 bits per heavy atom. The number of hydrogen-bond acceptors (Lipinski definition) is 1. The minimum Gasteiger partial charge on any atom is -1.00 e. The molecule has 2 rings (SSSR count). The predicted molar refractivity (Wildman–Crippen MR) is 76.1 cm³/mol. The van der Waals surface area contributed by atoms with Crippen LogP contribution >= 0.6 is 8.58 Å². The molecule has 0 N–H and O–H groups in total. The largest absolute Gasteiger partial charge is 2.00 e. The maximum atomic E-state index is 5.21. The van der Waals surface area contributed by atoms with Crippen LogP contribution < -0.4 is 59.0 Å². The van der Waals surface area contributed by atoms with Crippen molar-refractivity contribution in [2.24, 2.45) is 0 Å². The number of ether oxygens (including phenoxy) is 1. The monoisotopic (exact) mass is 330 g/mol. The number of benzene rings is 2. The van der Waals surface area contributed by atoms with E-state index in [2.05, 4.69) is 43.3 Å². The zero-order chi connectivity index (χ0) is 11.4. The van der Waals surface area contributed by atoms with Crippen molar-refractivity contribution in [3.8, 4) is 5.75 Å². The molecule has 98 valence electrons. The van der Waals surface area contributed by atoms with Gasteiger partial charge in [-0.3, -0.25) is 0 Å². The van der Waals surface area contributed by atoms with E-state index in [0.717, 1.165) is 5.75 Å². The average Bonchev–Trinajstić information content (AvgIpc) is 2.29. The van der Waals surface area contributed by atoms with E-state index in [9.17, 15) is 0 Å². The van der Waals surface area contributed by atoms with Crippen molar-refractivity contribution in [1.82, 2.24) is 0 Å². The summed E-state index contributed by atoms with van der Waals surface area (Å²) in [5.41, 5.74) is 1.30. The Morgan fingerprint density at radius 1 is 0.900 bits per heavy atom. The molecule has 0 aliphatic carbocycles. The first-order chi connectivity index (χ1) is 7.78. The SMILES string of the molecule is COc1cccc([P-]c2cccc(C)c2)c1.[Cl-].[Cl-].[Li+].[Mg+2]. The van der Waals surface area contributed by atoms with E-state index in [-0.39, 0.29) is 66.7 Å². The topological polar surface area (TPSA) is 9.23 Å². The summed E-state index contributed by atoms with van der Waals surface area (Å²) in [6.07, 6.45) is 0. The van der Waals surface area contributed by atoms with Gasteiger partial charge in [0, 0.05) is 0 Å². The molecule has 0 saturated heterocycles. The normalized spacial score (nSPS) is 8.70. The van der Waals surface area contributed by atoms with Crippen LogP contribution in [0.5, 0.6) is 5.75 Å². The van der Waals surface area contributed by atoms with Crippen molar-refractivity contribution >= 4 is 42.2 Å². The Bertz CT molecular complexity index is 500. The quantitative estimate of drug-likeness (QED) is 0.402.